The predicted molar refractivity (Wildman–Crippen MR) is 79.2 cm³/mol. The van der Waals surface area contributed by atoms with E-state index in [1.165, 1.54) is 18.2 Å². The number of thiocarbonyl (C=S) groups is 1. The van der Waals surface area contributed by atoms with Crippen LogP contribution in [0, 0.1) is 10.1 Å². The molecule has 0 radical (unpaired) electrons. The van der Waals surface area contributed by atoms with Gasteiger partial charge in [-0.25, -0.2) is 5.84 Å². The number of nitrogens with zero attached hydrogens (tertiary/aromatic N) is 1. The van der Waals surface area contributed by atoms with Crippen molar-refractivity contribution in [2.24, 2.45) is 5.84 Å². The third kappa shape index (κ3) is 5.55. The van der Waals surface area contributed by atoms with Gasteiger partial charge in [0.05, 0.1) is 4.92 Å². The van der Waals surface area contributed by atoms with Crippen molar-refractivity contribution < 1.29 is 4.92 Å². The summed E-state index contributed by atoms with van der Waals surface area (Å²) in [7, 11) is 0. The minimum atomic E-state index is -0.529. The molecular formula is C11H20N4O2S. The third-order valence-corrected chi connectivity index (χ3v) is 1.96. The Kier molecular flexibility index (Phi) is 10.8. The van der Waals surface area contributed by atoms with Crippen LogP contribution in [0.4, 0.5) is 11.4 Å². The van der Waals surface area contributed by atoms with Crippen molar-refractivity contribution in [2.75, 3.05) is 5.73 Å². The fourth-order valence-electron chi connectivity index (χ4n) is 0.948. The van der Waals surface area contributed by atoms with Crippen LogP contribution in [0.2, 0.25) is 0 Å². The Morgan fingerprint density at radius 3 is 2.17 bits per heavy atom. The van der Waals surface area contributed by atoms with Gasteiger partial charge in [0.25, 0.3) is 5.69 Å². The lowest BCUT2D eigenvalue weighted by atomic mass is 10.1. The number of non-ortho nitro benzene ring substituents is 1. The van der Waals surface area contributed by atoms with Crippen molar-refractivity contribution >= 4 is 28.6 Å². The zero-order chi connectivity index (χ0) is 14.7. The smallest absolute Gasteiger partial charge is 0.271 e. The molecule has 0 aliphatic rings. The van der Waals surface area contributed by atoms with Gasteiger partial charge in [-0.3, -0.25) is 10.1 Å². The lowest BCUT2D eigenvalue weighted by Crippen LogP contribution is -2.29. The Labute approximate surface area is 112 Å². The summed E-state index contributed by atoms with van der Waals surface area (Å²) < 4.78 is 0. The molecule has 0 aliphatic carbocycles. The van der Waals surface area contributed by atoms with Gasteiger partial charge in [-0.05, 0) is 6.07 Å². The first kappa shape index (κ1) is 18.6. The topological polar surface area (TPSA) is 107 Å². The van der Waals surface area contributed by atoms with Crippen molar-refractivity contribution in [1.82, 2.24) is 5.43 Å². The number of rotatable bonds is 2. The van der Waals surface area contributed by atoms with E-state index >= 15 is 0 Å². The Morgan fingerprint density at radius 1 is 1.33 bits per heavy atom. The number of nitrogens with one attached hydrogen (secondary N) is 1. The van der Waals surface area contributed by atoms with Gasteiger partial charge in [0.2, 0.25) is 0 Å². The summed E-state index contributed by atoms with van der Waals surface area (Å²) in [6.45, 7) is 8.00. The molecule has 0 saturated heterocycles. The summed E-state index contributed by atoms with van der Waals surface area (Å²) in [4.78, 5) is 10.1. The van der Waals surface area contributed by atoms with Gasteiger partial charge in [-0.1, -0.05) is 39.9 Å². The van der Waals surface area contributed by atoms with E-state index in [0.29, 0.717) is 5.56 Å². The average molecular weight is 272 g/mol. The van der Waals surface area contributed by atoms with E-state index in [1.807, 2.05) is 27.7 Å². The number of hydrazine groups is 1. The predicted octanol–water partition coefficient (Wildman–Crippen LogP) is 2.37. The third-order valence-electron chi connectivity index (χ3n) is 1.62. The summed E-state index contributed by atoms with van der Waals surface area (Å²) >= 11 is 4.83. The number of hydrogen-bond donors (Lipinski definition) is 3. The molecule has 0 amide bonds. The number of hydrogen-bond acceptors (Lipinski definition) is 5. The number of nitro benzene ring substituents is 1. The molecule has 0 aliphatic heterocycles. The highest BCUT2D eigenvalue weighted by molar-refractivity contribution is 7.80. The molecule has 18 heavy (non-hydrogen) atoms. The lowest BCUT2D eigenvalue weighted by molar-refractivity contribution is -0.384. The normalized spacial score (nSPS) is 8.06. The van der Waals surface area contributed by atoms with Gasteiger partial charge in [-0.15, -0.1) is 0 Å². The Morgan fingerprint density at radius 2 is 1.83 bits per heavy atom. The minimum Gasteiger partial charge on any atom is -0.398 e. The zero-order valence-corrected chi connectivity index (χ0v) is 11.9. The molecule has 1 rings (SSSR count). The summed E-state index contributed by atoms with van der Waals surface area (Å²) in [6.07, 6.45) is 0. The molecule has 7 heteroatoms. The highest BCUT2D eigenvalue weighted by Crippen LogP contribution is 2.19. The quantitative estimate of drug-likeness (QED) is 0.251. The Hall–Kier alpha value is -1.73. The van der Waals surface area contributed by atoms with Crippen molar-refractivity contribution in [2.45, 2.75) is 27.7 Å². The molecule has 6 nitrogen and oxygen atoms in total. The van der Waals surface area contributed by atoms with Crippen LogP contribution in [0.1, 0.15) is 33.3 Å². The van der Waals surface area contributed by atoms with Gasteiger partial charge >= 0.3 is 0 Å². The minimum absolute atomic E-state index is 0.0777. The summed E-state index contributed by atoms with van der Waals surface area (Å²) in [6, 6.07) is 4.00. The summed E-state index contributed by atoms with van der Waals surface area (Å²) in [5, 5.41) is 10.4. The van der Waals surface area contributed by atoms with Crippen molar-refractivity contribution in [3.8, 4) is 0 Å². The Balaban J connectivity index is 0. The maximum Gasteiger partial charge on any atom is 0.271 e. The molecular weight excluding hydrogens is 252 g/mol. The molecule has 0 heterocycles. The molecule has 102 valence electrons. The van der Waals surface area contributed by atoms with E-state index in [1.54, 1.807) is 0 Å². The largest absolute Gasteiger partial charge is 0.398 e. The molecule has 0 atom stereocenters. The molecule has 0 spiro atoms. The number of nitrogens with two attached hydrogens (primary N) is 2. The fraction of sp³-hybridized carbons (Fsp3) is 0.364. The maximum absolute atomic E-state index is 10.4. The number of nitro groups is 1. The maximum atomic E-state index is 10.4. The molecule has 0 unspecified atom stereocenters. The fourth-order valence-corrected chi connectivity index (χ4v) is 1.13. The number of benzene rings is 1. The highest BCUT2D eigenvalue weighted by atomic mass is 32.1. The van der Waals surface area contributed by atoms with Gasteiger partial charge in [0.1, 0.15) is 4.99 Å². The van der Waals surface area contributed by atoms with E-state index in [4.69, 9.17) is 23.8 Å². The first-order chi connectivity index (χ1) is 8.56. The van der Waals surface area contributed by atoms with Gasteiger partial charge in [-0.2, -0.15) is 0 Å². The second-order valence-corrected chi connectivity index (χ2v) is 2.91. The summed E-state index contributed by atoms with van der Waals surface area (Å²) in [5.41, 5.74) is 8.43. The van der Waals surface area contributed by atoms with Crippen LogP contribution in [-0.4, -0.2) is 9.91 Å². The van der Waals surface area contributed by atoms with Crippen LogP contribution in [-0.2, 0) is 0 Å². The van der Waals surface area contributed by atoms with Crippen LogP contribution in [0.25, 0.3) is 0 Å². The van der Waals surface area contributed by atoms with Crippen LogP contribution < -0.4 is 17.0 Å². The van der Waals surface area contributed by atoms with E-state index in [2.05, 4.69) is 5.43 Å². The monoisotopic (exact) mass is 272 g/mol. The lowest BCUT2D eigenvalue weighted by Gasteiger charge is -2.05. The average Bonchev–Trinajstić information content (AvgIpc) is 2.42. The summed E-state index contributed by atoms with van der Waals surface area (Å²) in [5.74, 6) is 5.09. The first-order valence-electron chi connectivity index (χ1n) is 5.61. The van der Waals surface area contributed by atoms with Gasteiger partial charge in [0.15, 0.2) is 0 Å². The molecule has 0 bridgehead atoms. The van der Waals surface area contributed by atoms with E-state index < -0.39 is 4.92 Å². The van der Waals surface area contributed by atoms with Crippen LogP contribution in [0.15, 0.2) is 18.2 Å². The highest BCUT2D eigenvalue weighted by Gasteiger charge is 2.10. The molecule has 1 aromatic carbocycles. The Bertz CT molecular complexity index is 397. The van der Waals surface area contributed by atoms with Crippen LogP contribution in [0.5, 0.6) is 0 Å². The van der Waals surface area contributed by atoms with E-state index in [-0.39, 0.29) is 16.4 Å². The molecule has 1 aromatic rings. The van der Waals surface area contributed by atoms with Crippen molar-refractivity contribution in [3.63, 3.8) is 0 Å². The SMILES string of the molecule is CC.CC.NNC(=S)c1ccc([N+](=O)[O-])cc1N. The second kappa shape index (κ2) is 10.4. The first-order valence-corrected chi connectivity index (χ1v) is 6.02. The molecule has 0 saturated carbocycles. The van der Waals surface area contributed by atoms with Crippen molar-refractivity contribution in [3.05, 3.63) is 33.9 Å². The van der Waals surface area contributed by atoms with E-state index in [0.717, 1.165) is 0 Å². The van der Waals surface area contributed by atoms with Crippen molar-refractivity contribution in [1.29, 1.82) is 0 Å². The second-order valence-electron chi connectivity index (χ2n) is 2.50. The van der Waals surface area contributed by atoms with Crippen LogP contribution >= 0.6 is 12.2 Å². The standard InChI is InChI=1S/C7H8N4O2S.2C2H6/c8-6-3-4(11(12)13)1-2-5(6)7(14)10-9;2*1-2/h1-3H,8-9H2,(H,10,14);2*1-2H3. The van der Waals surface area contributed by atoms with Crippen LogP contribution in [0.3, 0.4) is 0 Å². The zero-order valence-electron chi connectivity index (χ0n) is 11.1. The number of nitrogen functional groups attached to an aromatic ring is 1. The molecule has 0 fully saturated rings. The van der Waals surface area contributed by atoms with Gasteiger partial charge < -0.3 is 11.2 Å². The van der Waals surface area contributed by atoms with Gasteiger partial charge in [0, 0.05) is 23.4 Å². The number of anilines is 1. The molecule has 5 N–H and O–H groups in total. The molecule has 0 aromatic heterocycles. The van der Waals surface area contributed by atoms with E-state index in [9.17, 15) is 10.1 Å².